The van der Waals surface area contributed by atoms with Crippen LogP contribution < -0.4 is 5.32 Å². The van der Waals surface area contributed by atoms with Crippen LogP contribution in [-0.4, -0.2) is 22.0 Å². The second-order valence-corrected chi connectivity index (χ2v) is 6.76. The lowest BCUT2D eigenvalue weighted by atomic mass is 9.95. The third-order valence-electron chi connectivity index (χ3n) is 3.50. The highest BCUT2D eigenvalue weighted by Gasteiger charge is 2.30. The predicted molar refractivity (Wildman–Crippen MR) is 77.6 cm³/mol. The third kappa shape index (κ3) is 3.14. The van der Waals surface area contributed by atoms with Crippen LogP contribution in [0.15, 0.2) is 29.2 Å². The summed E-state index contributed by atoms with van der Waals surface area (Å²) in [5.41, 5.74) is 0. The van der Waals surface area contributed by atoms with Crippen molar-refractivity contribution in [3.63, 3.8) is 0 Å². The number of benzene rings is 1. The molecule has 1 aromatic carbocycles. The molecule has 1 fully saturated rings. The van der Waals surface area contributed by atoms with Gasteiger partial charge in [-0.05, 0) is 31.5 Å². The van der Waals surface area contributed by atoms with E-state index in [0.29, 0.717) is 11.1 Å². The van der Waals surface area contributed by atoms with Crippen LogP contribution >= 0.6 is 11.6 Å². The molecular weight excluding hydrogens is 266 g/mol. The van der Waals surface area contributed by atoms with Gasteiger partial charge in [0.1, 0.15) is 0 Å². The van der Waals surface area contributed by atoms with Crippen molar-refractivity contribution in [3.8, 4) is 0 Å². The molecule has 0 saturated heterocycles. The zero-order chi connectivity index (χ0) is 13.0. The van der Waals surface area contributed by atoms with Crippen LogP contribution in [0.4, 0.5) is 0 Å². The maximum atomic E-state index is 12.7. The minimum atomic E-state index is -1.01. The topological polar surface area (TPSA) is 29.1 Å². The molecule has 1 aliphatic carbocycles. The van der Waals surface area contributed by atoms with Crippen molar-refractivity contribution in [3.05, 3.63) is 29.3 Å². The van der Waals surface area contributed by atoms with Gasteiger partial charge in [-0.25, -0.2) is 0 Å². The molecule has 1 aliphatic rings. The molecule has 0 bridgehead atoms. The lowest BCUT2D eigenvalue weighted by molar-refractivity contribution is 0.385. The standard InChI is InChI=1S/C14H20ClNOS/c1-2-16-12-8-4-6-10-14(12)18(17)13-9-5-3-7-11(13)15/h3,5,7,9,12,14,16H,2,4,6,8,10H2,1H3. The third-order valence-corrected chi connectivity index (χ3v) is 5.84. The van der Waals surface area contributed by atoms with Gasteiger partial charge >= 0.3 is 0 Å². The van der Waals surface area contributed by atoms with Crippen LogP contribution in [0.1, 0.15) is 32.6 Å². The average molecular weight is 286 g/mol. The normalized spacial score (nSPS) is 25.9. The van der Waals surface area contributed by atoms with Crippen molar-refractivity contribution < 1.29 is 4.21 Å². The molecule has 0 amide bonds. The molecule has 0 aromatic heterocycles. The fraction of sp³-hybridized carbons (Fsp3) is 0.571. The molecule has 0 aliphatic heterocycles. The Morgan fingerprint density at radius 2 is 2.06 bits per heavy atom. The predicted octanol–water partition coefficient (Wildman–Crippen LogP) is 3.37. The first kappa shape index (κ1) is 14.0. The highest BCUT2D eigenvalue weighted by molar-refractivity contribution is 7.85. The van der Waals surface area contributed by atoms with Crippen LogP contribution in [0.3, 0.4) is 0 Å². The van der Waals surface area contributed by atoms with Crippen molar-refractivity contribution in [2.75, 3.05) is 6.54 Å². The van der Waals surface area contributed by atoms with Crippen LogP contribution in [-0.2, 0) is 10.8 Å². The molecule has 0 spiro atoms. The SMILES string of the molecule is CCNC1CCCCC1S(=O)c1ccccc1Cl. The van der Waals surface area contributed by atoms with E-state index in [9.17, 15) is 4.21 Å². The van der Waals surface area contributed by atoms with Gasteiger partial charge in [0.25, 0.3) is 0 Å². The average Bonchev–Trinajstić information content (AvgIpc) is 2.40. The summed E-state index contributed by atoms with van der Waals surface area (Å²) in [6.07, 6.45) is 4.54. The number of nitrogens with one attached hydrogen (secondary N) is 1. The van der Waals surface area contributed by atoms with E-state index in [1.807, 2.05) is 24.3 Å². The monoisotopic (exact) mass is 285 g/mol. The lowest BCUT2D eigenvalue weighted by Gasteiger charge is -2.31. The van der Waals surface area contributed by atoms with E-state index < -0.39 is 10.8 Å². The van der Waals surface area contributed by atoms with Gasteiger partial charge in [0.15, 0.2) is 0 Å². The molecule has 3 unspecified atom stereocenters. The summed E-state index contributed by atoms with van der Waals surface area (Å²) in [6.45, 7) is 3.03. The molecule has 100 valence electrons. The van der Waals surface area contributed by atoms with Gasteiger partial charge in [-0.3, -0.25) is 4.21 Å². The Bertz CT molecular complexity index is 422. The summed E-state index contributed by atoms with van der Waals surface area (Å²) in [5, 5.41) is 4.28. The molecule has 1 N–H and O–H groups in total. The minimum Gasteiger partial charge on any atom is -0.313 e. The zero-order valence-electron chi connectivity index (χ0n) is 10.7. The molecule has 2 nitrogen and oxygen atoms in total. The quantitative estimate of drug-likeness (QED) is 0.919. The number of rotatable bonds is 4. The first-order valence-corrected chi connectivity index (χ1v) is 8.21. The smallest absolute Gasteiger partial charge is 0.0591 e. The summed E-state index contributed by atoms with van der Waals surface area (Å²) in [4.78, 5) is 0.786. The van der Waals surface area contributed by atoms with E-state index in [4.69, 9.17) is 11.6 Å². The van der Waals surface area contributed by atoms with Gasteiger partial charge < -0.3 is 5.32 Å². The Kier molecular flexibility index (Phi) is 5.22. The van der Waals surface area contributed by atoms with E-state index in [0.717, 1.165) is 24.3 Å². The van der Waals surface area contributed by atoms with Crippen LogP contribution in [0.25, 0.3) is 0 Å². The van der Waals surface area contributed by atoms with Crippen LogP contribution in [0.2, 0.25) is 5.02 Å². The fourth-order valence-corrected chi connectivity index (χ4v) is 4.69. The van der Waals surface area contributed by atoms with Crippen molar-refractivity contribution in [2.24, 2.45) is 0 Å². The molecule has 1 aromatic rings. The molecule has 1 saturated carbocycles. The molecule has 0 heterocycles. The summed E-state index contributed by atoms with van der Waals surface area (Å²) in [7, 11) is -1.01. The highest BCUT2D eigenvalue weighted by Crippen LogP contribution is 2.29. The number of halogens is 1. The van der Waals surface area contributed by atoms with Crippen LogP contribution in [0.5, 0.6) is 0 Å². The molecule has 3 atom stereocenters. The van der Waals surface area contributed by atoms with Gasteiger partial charge in [-0.1, -0.05) is 43.5 Å². The van der Waals surface area contributed by atoms with E-state index in [1.54, 1.807) is 0 Å². The van der Waals surface area contributed by atoms with Gasteiger partial charge in [0, 0.05) is 6.04 Å². The maximum Gasteiger partial charge on any atom is 0.0591 e. The Labute approximate surface area is 117 Å². The van der Waals surface area contributed by atoms with E-state index >= 15 is 0 Å². The second kappa shape index (κ2) is 6.69. The van der Waals surface area contributed by atoms with Crippen molar-refractivity contribution >= 4 is 22.4 Å². The largest absolute Gasteiger partial charge is 0.313 e. The Morgan fingerprint density at radius 3 is 2.78 bits per heavy atom. The number of hydrogen-bond donors (Lipinski definition) is 1. The van der Waals surface area contributed by atoms with Gasteiger partial charge in [-0.15, -0.1) is 0 Å². The summed E-state index contributed by atoms with van der Waals surface area (Å²) < 4.78 is 12.7. The summed E-state index contributed by atoms with van der Waals surface area (Å²) in [6, 6.07) is 7.85. The van der Waals surface area contributed by atoms with Crippen molar-refractivity contribution in [2.45, 2.75) is 48.8 Å². The molecule has 18 heavy (non-hydrogen) atoms. The summed E-state index contributed by atoms with van der Waals surface area (Å²) >= 11 is 6.15. The van der Waals surface area contributed by atoms with Gasteiger partial charge in [0.2, 0.25) is 0 Å². The Hall–Kier alpha value is -0.380. The maximum absolute atomic E-state index is 12.7. The molecule has 4 heteroatoms. The van der Waals surface area contributed by atoms with Gasteiger partial charge in [-0.2, -0.15) is 0 Å². The van der Waals surface area contributed by atoms with Gasteiger partial charge in [0.05, 0.1) is 26.0 Å². The number of hydrogen-bond acceptors (Lipinski definition) is 2. The van der Waals surface area contributed by atoms with E-state index in [2.05, 4.69) is 12.2 Å². The fourth-order valence-electron chi connectivity index (χ4n) is 2.62. The van der Waals surface area contributed by atoms with Crippen molar-refractivity contribution in [1.29, 1.82) is 0 Å². The molecular formula is C14H20ClNOS. The highest BCUT2D eigenvalue weighted by atomic mass is 35.5. The molecule has 2 rings (SSSR count). The summed E-state index contributed by atoms with van der Waals surface area (Å²) in [5.74, 6) is 0. The minimum absolute atomic E-state index is 0.193. The van der Waals surface area contributed by atoms with Crippen LogP contribution in [0, 0.1) is 0 Å². The first-order valence-electron chi connectivity index (χ1n) is 6.62. The lowest BCUT2D eigenvalue weighted by Crippen LogP contribution is -2.44. The first-order chi connectivity index (χ1) is 8.74. The van der Waals surface area contributed by atoms with E-state index in [-0.39, 0.29) is 5.25 Å². The Morgan fingerprint density at radius 1 is 1.33 bits per heavy atom. The Balaban J connectivity index is 2.18. The zero-order valence-corrected chi connectivity index (χ0v) is 12.3. The molecule has 0 radical (unpaired) electrons. The second-order valence-electron chi connectivity index (χ2n) is 4.71. The van der Waals surface area contributed by atoms with Crippen molar-refractivity contribution in [1.82, 2.24) is 5.32 Å². The van der Waals surface area contributed by atoms with E-state index in [1.165, 1.54) is 12.8 Å².